The maximum Gasteiger partial charge on any atom is 0.330 e. The number of nitrogen functional groups attached to an aromatic ring is 1. The van der Waals surface area contributed by atoms with E-state index in [0.717, 1.165) is 25.2 Å². The first-order valence-corrected chi connectivity index (χ1v) is 12.0. The fourth-order valence-corrected chi connectivity index (χ4v) is 4.46. The zero-order valence-corrected chi connectivity index (χ0v) is 21.2. The lowest BCUT2D eigenvalue weighted by atomic mass is 10.1. The molecular formula is C25H37N5O5. The summed E-state index contributed by atoms with van der Waals surface area (Å²) in [6.07, 6.45) is 0.355. The first-order chi connectivity index (χ1) is 16.6. The molecule has 0 saturated carbocycles. The van der Waals surface area contributed by atoms with Gasteiger partial charge in [0.2, 0.25) is 0 Å². The van der Waals surface area contributed by atoms with Crippen molar-refractivity contribution in [2.45, 2.75) is 53.0 Å². The van der Waals surface area contributed by atoms with Gasteiger partial charge in [0.05, 0.1) is 18.8 Å². The predicted molar refractivity (Wildman–Crippen MR) is 136 cm³/mol. The highest BCUT2D eigenvalue weighted by atomic mass is 16.5. The molecule has 2 heterocycles. The van der Waals surface area contributed by atoms with Crippen LogP contribution < -0.4 is 21.9 Å². The van der Waals surface area contributed by atoms with Gasteiger partial charge in [0.25, 0.3) is 11.5 Å². The number of nitrogens with one attached hydrogen (secondary N) is 1. The number of benzene rings is 1. The van der Waals surface area contributed by atoms with Crippen molar-refractivity contribution < 1.29 is 14.3 Å². The standard InChI is InChI=1S/C25H37N5O5/c1-16(2)12-30-22(26)21(23(31)27-25(30)33)29(10-11-34-5)24(32)20-8-6-19(7-9-20)15-28-13-17(3)35-18(4)14-28/h6-9,16-18H,10-15,26H2,1-5H3,(H,27,31,33). The molecule has 3 N–H and O–H groups in total. The van der Waals surface area contributed by atoms with Gasteiger partial charge in [0, 0.05) is 45.4 Å². The number of aromatic amines is 1. The van der Waals surface area contributed by atoms with E-state index in [4.69, 9.17) is 15.2 Å². The van der Waals surface area contributed by atoms with Gasteiger partial charge in [-0.25, -0.2) is 4.79 Å². The number of H-pyrrole nitrogens is 1. The van der Waals surface area contributed by atoms with Crippen LogP contribution in [0.15, 0.2) is 33.9 Å². The predicted octanol–water partition coefficient (Wildman–Crippen LogP) is 1.68. The summed E-state index contributed by atoms with van der Waals surface area (Å²) in [5, 5.41) is 0. The van der Waals surface area contributed by atoms with Crippen molar-refractivity contribution in [2.75, 3.05) is 44.0 Å². The molecule has 1 fully saturated rings. The molecule has 35 heavy (non-hydrogen) atoms. The lowest BCUT2D eigenvalue weighted by Crippen LogP contribution is -2.44. The third kappa shape index (κ3) is 6.59. The molecule has 2 aromatic rings. The van der Waals surface area contributed by atoms with Crippen LogP contribution in [0.25, 0.3) is 0 Å². The Morgan fingerprint density at radius 2 is 1.83 bits per heavy atom. The molecule has 0 bridgehead atoms. The molecule has 0 radical (unpaired) electrons. The first kappa shape index (κ1) is 26.7. The highest BCUT2D eigenvalue weighted by Crippen LogP contribution is 2.21. The van der Waals surface area contributed by atoms with Gasteiger partial charge in [-0.1, -0.05) is 26.0 Å². The van der Waals surface area contributed by atoms with Crippen molar-refractivity contribution in [1.82, 2.24) is 14.5 Å². The second-order valence-electron chi connectivity index (χ2n) is 9.60. The molecule has 1 amide bonds. The summed E-state index contributed by atoms with van der Waals surface area (Å²) >= 11 is 0. The van der Waals surface area contributed by atoms with E-state index in [1.807, 2.05) is 26.0 Å². The quantitative estimate of drug-likeness (QED) is 0.552. The van der Waals surface area contributed by atoms with Crippen molar-refractivity contribution in [2.24, 2.45) is 5.92 Å². The van der Waals surface area contributed by atoms with E-state index in [-0.39, 0.29) is 42.8 Å². The first-order valence-electron chi connectivity index (χ1n) is 12.0. The Bertz CT molecular complexity index is 1110. The van der Waals surface area contributed by atoms with Crippen molar-refractivity contribution >= 4 is 17.4 Å². The minimum atomic E-state index is -0.705. The van der Waals surface area contributed by atoms with E-state index in [9.17, 15) is 14.4 Å². The van der Waals surface area contributed by atoms with Crippen LogP contribution in [0.1, 0.15) is 43.6 Å². The van der Waals surface area contributed by atoms with Gasteiger partial charge < -0.3 is 15.2 Å². The number of methoxy groups -OCH3 is 1. The summed E-state index contributed by atoms with van der Waals surface area (Å²) in [6, 6.07) is 7.33. The number of carbonyl (C=O) groups is 1. The molecule has 1 saturated heterocycles. The Labute approximate surface area is 205 Å². The smallest absolute Gasteiger partial charge is 0.330 e. The second kappa shape index (κ2) is 11.7. The van der Waals surface area contributed by atoms with Gasteiger partial charge in [-0.05, 0) is 37.5 Å². The summed E-state index contributed by atoms with van der Waals surface area (Å²) in [5.41, 5.74) is 6.40. The van der Waals surface area contributed by atoms with E-state index in [1.165, 1.54) is 16.6 Å². The molecule has 192 valence electrons. The summed E-state index contributed by atoms with van der Waals surface area (Å²) in [6.45, 7) is 11.1. The van der Waals surface area contributed by atoms with Crippen molar-refractivity contribution in [1.29, 1.82) is 0 Å². The number of nitrogens with two attached hydrogens (primary N) is 1. The fraction of sp³-hybridized carbons (Fsp3) is 0.560. The molecule has 0 spiro atoms. The summed E-state index contributed by atoms with van der Waals surface area (Å²) in [4.78, 5) is 44.5. The minimum absolute atomic E-state index is 0.0379. The Kier molecular flexibility index (Phi) is 8.87. The van der Waals surface area contributed by atoms with Gasteiger partial charge in [-0.2, -0.15) is 0 Å². The van der Waals surface area contributed by atoms with Crippen LogP contribution in [0.4, 0.5) is 11.5 Å². The zero-order chi connectivity index (χ0) is 25.7. The fourth-order valence-electron chi connectivity index (χ4n) is 4.46. The van der Waals surface area contributed by atoms with E-state index in [2.05, 4.69) is 23.7 Å². The molecule has 1 aliphatic rings. The Hall–Kier alpha value is -2.95. The molecular weight excluding hydrogens is 450 g/mol. The number of nitrogens with zero attached hydrogens (tertiary/aromatic N) is 3. The topological polar surface area (TPSA) is 123 Å². The average Bonchev–Trinajstić information content (AvgIpc) is 2.78. The molecule has 1 aromatic heterocycles. The van der Waals surface area contributed by atoms with Crippen LogP contribution in [-0.2, 0) is 22.6 Å². The Morgan fingerprint density at radius 3 is 2.40 bits per heavy atom. The monoisotopic (exact) mass is 487 g/mol. The van der Waals surface area contributed by atoms with Gasteiger partial charge >= 0.3 is 5.69 Å². The molecule has 1 aromatic carbocycles. The minimum Gasteiger partial charge on any atom is -0.383 e. The Morgan fingerprint density at radius 1 is 1.20 bits per heavy atom. The third-order valence-corrected chi connectivity index (χ3v) is 5.90. The highest BCUT2D eigenvalue weighted by Gasteiger charge is 2.26. The number of rotatable bonds is 9. The van der Waals surface area contributed by atoms with Gasteiger partial charge in [0.1, 0.15) is 5.82 Å². The Balaban J connectivity index is 1.88. The average molecular weight is 488 g/mol. The van der Waals surface area contributed by atoms with E-state index < -0.39 is 17.2 Å². The number of hydrogen-bond donors (Lipinski definition) is 2. The van der Waals surface area contributed by atoms with Crippen LogP contribution in [0, 0.1) is 5.92 Å². The highest BCUT2D eigenvalue weighted by molar-refractivity contribution is 6.07. The molecule has 0 aliphatic carbocycles. The number of amides is 1. The van der Waals surface area contributed by atoms with Crippen LogP contribution >= 0.6 is 0 Å². The zero-order valence-electron chi connectivity index (χ0n) is 21.2. The van der Waals surface area contributed by atoms with Crippen molar-refractivity contribution in [3.05, 3.63) is 56.2 Å². The second-order valence-corrected chi connectivity index (χ2v) is 9.60. The normalized spacial score (nSPS) is 18.7. The SMILES string of the molecule is COCCN(C(=O)c1ccc(CN2CC(C)OC(C)C2)cc1)c1c(N)n(CC(C)C)c(=O)[nH]c1=O. The number of aromatic nitrogens is 2. The van der Waals surface area contributed by atoms with Crippen molar-refractivity contribution in [3.8, 4) is 0 Å². The largest absolute Gasteiger partial charge is 0.383 e. The maximum absolute atomic E-state index is 13.5. The molecule has 1 aliphatic heterocycles. The van der Waals surface area contributed by atoms with Crippen LogP contribution in [0.5, 0.6) is 0 Å². The van der Waals surface area contributed by atoms with Crippen molar-refractivity contribution in [3.63, 3.8) is 0 Å². The number of morpholine rings is 1. The van der Waals surface area contributed by atoms with Crippen LogP contribution in [0.3, 0.4) is 0 Å². The molecule has 10 nitrogen and oxygen atoms in total. The molecule has 10 heteroatoms. The van der Waals surface area contributed by atoms with E-state index >= 15 is 0 Å². The van der Waals surface area contributed by atoms with E-state index in [1.54, 1.807) is 12.1 Å². The number of carbonyl (C=O) groups excluding carboxylic acids is 1. The lowest BCUT2D eigenvalue weighted by molar-refractivity contribution is -0.0704. The van der Waals surface area contributed by atoms with Gasteiger partial charge in [-0.3, -0.25) is 28.9 Å². The molecule has 2 unspecified atom stereocenters. The molecule has 2 atom stereocenters. The van der Waals surface area contributed by atoms with E-state index in [0.29, 0.717) is 12.1 Å². The molecule has 3 rings (SSSR count). The summed E-state index contributed by atoms with van der Waals surface area (Å²) < 4.78 is 12.3. The lowest BCUT2D eigenvalue weighted by Gasteiger charge is -2.35. The van der Waals surface area contributed by atoms with Gasteiger partial charge in [-0.15, -0.1) is 0 Å². The summed E-state index contributed by atoms with van der Waals surface area (Å²) in [7, 11) is 1.51. The van der Waals surface area contributed by atoms with Gasteiger partial charge in [0.15, 0.2) is 5.69 Å². The maximum atomic E-state index is 13.5. The summed E-state index contributed by atoms with van der Waals surface area (Å²) in [5.74, 6) is -0.319. The van der Waals surface area contributed by atoms with Crippen LogP contribution in [-0.4, -0.2) is 65.9 Å². The number of hydrogen-bond acceptors (Lipinski definition) is 7. The number of anilines is 2. The number of ether oxygens (including phenoxy) is 2. The third-order valence-electron chi connectivity index (χ3n) is 5.90. The van der Waals surface area contributed by atoms with Crippen LogP contribution in [0.2, 0.25) is 0 Å².